The second kappa shape index (κ2) is 7.24. The summed E-state index contributed by atoms with van der Waals surface area (Å²) in [5, 5.41) is 9.95. The number of unbranched alkanes of at least 4 members (excludes halogenated alkanes) is 2. The maximum absolute atomic E-state index is 9.95. The molecule has 3 unspecified atom stereocenters. The SMILES string of the molecule is CCCCCC(C)CC(O)C1CCCO1. The third kappa shape index (κ3) is 4.98. The zero-order valence-electron chi connectivity index (χ0n) is 10.2. The second-order valence-corrected chi connectivity index (χ2v) is 4.96. The van der Waals surface area contributed by atoms with E-state index >= 15 is 0 Å². The molecule has 0 saturated carbocycles. The quantitative estimate of drug-likeness (QED) is 0.660. The lowest BCUT2D eigenvalue weighted by Gasteiger charge is -2.21. The molecule has 0 aromatic rings. The van der Waals surface area contributed by atoms with Crippen LogP contribution in [0.1, 0.15) is 58.8 Å². The molecule has 0 aliphatic carbocycles. The lowest BCUT2D eigenvalue weighted by Crippen LogP contribution is -2.27. The molecule has 1 saturated heterocycles. The van der Waals surface area contributed by atoms with Crippen LogP contribution in [0.5, 0.6) is 0 Å². The van der Waals surface area contributed by atoms with Crippen LogP contribution < -0.4 is 0 Å². The van der Waals surface area contributed by atoms with Gasteiger partial charge in [0.2, 0.25) is 0 Å². The van der Waals surface area contributed by atoms with Crippen LogP contribution in [-0.2, 0) is 4.74 Å². The number of hydrogen-bond acceptors (Lipinski definition) is 2. The van der Waals surface area contributed by atoms with Gasteiger partial charge in [0, 0.05) is 6.61 Å². The van der Waals surface area contributed by atoms with Crippen LogP contribution in [0.2, 0.25) is 0 Å². The summed E-state index contributed by atoms with van der Waals surface area (Å²) < 4.78 is 5.49. The number of hydrogen-bond donors (Lipinski definition) is 1. The highest BCUT2D eigenvalue weighted by Crippen LogP contribution is 2.22. The zero-order chi connectivity index (χ0) is 11.1. The van der Waals surface area contributed by atoms with Gasteiger partial charge < -0.3 is 9.84 Å². The molecule has 2 heteroatoms. The molecule has 1 N–H and O–H groups in total. The highest BCUT2D eigenvalue weighted by atomic mass is 16.5. The van der Waals surface area contributed by atoms with E-state index in [-0.39, 0.29) is 12.2 Å². The van der Waals surface area contributed by atoms with Crippen LogP contribution in [0.3, 0.4) is 0 Å². The average Bonchev–Trinajstić information content (AvgIpc) is 2.70. The molecule has 0 aromatic heterocycles. The summed E-state index contributed by atoms with van der Waals surface area (Å²) in [6.45, 7) is 5.31. The Hall–Kier alpha value is -0.0800. The Kier molecular flexibility index (Phi) is 6.26. The van der Waals surface area contributed by atoms with Crippen LogP contribution in [0.15, 0.2) is 0 Å². The van der Waals surface area contributed by atoms with Gasteiger partial charge in [-0.2, -0.15) is 0 Å². The second-order valence-electron chi connectivity index (χ2n) is 4.96. The summed E-state index contributed by atoms with van der Waals surface area (Å²) in [6, 6.07) is 0. The number of aliphatic hydroxyl groups excluding tert-OH is 1. The highest BCUT2D eigenvalue weighted by molar-refractivity contribution is 4.75. The zero-order valence-corrected chi connectivity index (χ0v) is 10.2. The Morgan fingerprint density at radius 1 is 1.40 bits per heavy atom. The Bertz CT molecular complexity index is 153. The van der Waals surface area contributed by atoms with E-state index in [9.17, 15) is 5.11 Å². The molecule has 0 amide bonds. The van der Waals surface area contributed by atoms with Gasteiger partial charge in [0.1, 0.15) is 0 Å². The van der Waals surface area contributed by atoms with Gasteiger partial charge in [-0.3, -0.25) is 0 Å². The average molecular weight is 214 g/mol. The van der Waals surface area contributed by atoms with Crippen molar-refractivity contribution in [1.29, 1.82) is 0 Å². The van der Waals surface area contributed by atoms with Gasteiger partial charge in [-0.05, 0) is 25.2 Å². The van der Waals surface area contributed by atoms with E-state index in [0.29, 0.717) is 5.92 Å². The monoisotopic (exact) mass is 214 g/mol. The van der Waals surface area contributed by atoms with Gasteiger partial charge in [-0.1, -0.05) is 39.5 Å². The van der Waals surface area contributed by atoms with E-state index in [1.807, 2.05) is 0 Å². The van der Waals surface area contributed by atoms with Gasteiger partial charge in [0.15, 0.2) is 0 Å². The van der Waals surface area contributed by atoms with Crippen molar-refractivity contribution in [2.75, 3.05) is 6.61 Å². The van der Waals surface area contributed by atoms with Crippen molar-refractivity contribution in [2.45, 2.75) is 71.0 Å². The maximum atomic E-state index is 9.95. The van der Waals surface area contributed by atoms with Gasteiger partial charge in [0.05, 0.1) is 12.2 Å². The lowest BCUT2D eigenvalue weighted by atomic mass is 9.94. The molecule has 1 aliphatic heterocycles. The Morgan fingerprint density at radius 3 is 2.80 bits per heavy atom. The third-order valence-electron chi connectivity index (χ3n) is 3.34. The van der Waals surface area contributed by atoms with E-state index in [2.05, 4.69) is 13.8 Å². The molecule has 1 fully saturated rings. The lowest BCUT2D eigenvalue weighted by molar-refractivity contribution is -0.0125. The molecule has 0 aromatic carbocycles. The minimum atomic E-state index is -0.232. The van der Waals surface area contributed by atoms with Gasteiger partial charge in [-0.25, -0.2) is 0 Å². The smallest absolute Gasteiger partial charge is 0.0834 e. The summed E-state index contributed by atoms with van der Waals surface area (Å²) in [7, 11) is 0. The van der Waals surface area contributed by atoms with Crippen LogP contribution in [0.25, 0.3) is 0 Å². The molecular weight excluding hydrogens is 188 g/mol. The minimum absolute atomic E-state index is 0.124. The summed E-state index contributed by atoms with van der Waals surface area (Å²) in [5.41, 5.74) is 0. The Balaban J connectivity index is 2.10. The van der Waals surface area contributed by atoms with Gasteiger partial charge in [-0.15, -0.1) is 0 Å². The Morgan fingerprint density at radius 2 is 2.20 bits per heavy atom. The molecule has 15 heavy (non-hydrogen) atoms. The molecule has 90 valence electrons. The van der Waals surface area contributed by atoms with Crippen LogP contribution in [0.4, 0.5) is 0 Å². The fourth-order valence-electron chi connectivity index (χ4n) is 2.33. The number of aliphatic hydroxyl groups is 1. The summed E-state index contributed by atoms with van der Waals surface area (Å²) in [6.07, 6.45) is 8.11. The molecule has 2 nitrogen and oxygen atoms in total. The maximum Gasteiger partial charge on any atom is 0.0834 e. The molecule has 1 heterocycles. The van der Waals surface area contributed by atoms with Crippen molar-refractivity contribution in [1.82, 2.24) is 0 Å². The van der Waals surface area contributed by atoms with E-state index < -0.39 is 0 Å². The molecular formula is C13H26O2. The van der Waals surface area contributed by atoms with E-state index in [4.69, 9.17) is 4.74 Å². The highest BCUT2D eigenvalue weighted by Gasteiger charge is 2.25. The van der Waals surface area contributed by atoms with Crippen molar-refractivity contribution in [3.05, 3.63) is 0 Å². The van der Waals surface area contributed by atoms with E-state index in [1.54, 1.807) is 0 Å². The topological polar surface area (TPSA) is 29.5 Å². The largest absolute Gasteiger partial charge is 0.390 e. The standard InChI is InChI=1S/C13H26O2/c1-3-4-5-7-11(2)10-12(14)13-8-6-9-15-13/h11-14H,3-10H2,1-2H3. The first-order valence-corrected chi connectivity index (χ1v) is 6.53. The molecule has 0 radical (unpaired) electrons. The van der Waals surface area contributed by atoms with E-state index in [0.717, 1.165) is 25.9 Å². The summed E-state index contributed by atoms with van der Waals surface area (Å²) >= 11 is 0. The first kappa shape index (κ1) is 13.0. The first-order chi connectivity index (χ1) is 7.24. The van der Waals surface area contributed by atoms with Crippen molar-refractivity contribution < 1.29 is 9.84 Å². The minimum Gasteiger partial charge on any atom is -0.390 e. The fourth-order valence-corrected chi connectivity index (χ4v) is 2.33. The first-order valence-electron chi connectivity index (χ1n) is 6.53. The van der Waals surface area contributed by atoms with Crippen molar-refractivity contribution in [3.8, 4) is 0 Å². The third-order valence-corrected chi connectivity index (χ3v) is 3.34. The summed E-state index contributed by atoms with van der Waals surface area (Å²) in [5.74, 6) is 0.635. The molecule has 0 bridgehead atoms. The van der Waals surface area contributed by atoms with Crippen LogP contribution in [0, 0.1) is 5.92 Å². The predicted octanol–water partition coefficient (Wildman–Crippen LogP) is 3.13. The van der Waals surface area contributed by atoms with Crippen LogP contribution in [-0.4, -0.2) is 23.9 Å². The normalized spacial score (nSPS) is 25.4. The molecule has 0 spiro atoms. The van der Waals surface area contributed by atoms with Crippen LogP contribution >= 0.6 is 0 Å². The van der Waals surface area contributed by atoms with Crippen molar-refractivity contribution in [3.63, 3.8) is 0 Å². The molecule has 1 aliphatic rings. The fraction of sp³-hybridized carbons (Fsp3) is 1.00. The van der Waals surface area contributed by atoms with Gasteiger partial charge in [0.25, 0.3) is 0 Å². The predicted molar refractivity (Wildman–Crippen MR) is 62.9 cm³/mol. The van der Waals surface area contributed by atoms with E-state index in [1.165, 1.54) is 25.7 Å². The summed E-state index contributed by atoms with van der Waals surface area (Å²) in [4.78, 5) is 0. The molecule has 1 rings (SSSR count). The Labute approximate surface area is 94.0 Å². The number of rotatable bonds is 7. The van der Waals surface area contributed by atoms with Crippen molar-refractivity contribution >= 4 is 0 Å². The molecule has 3 atom stereocenters. The van der Waals surface area contributed by atoms with Crippen molar-refractivity contribution in [2.24, 2.45) is 5.92 Å². The van der Waals surface area contributed by atoms with Gasteiger partial charge >= 0.3 is 0 Å². The number of ether oxygens (including phenoxy) is 1.